The van der Waals surface area contributed by atoms with Crippen molar-refractivity contribution >= 4 is 45.5 Å². The predicted octanol–water partition coefficient (Wildman–Crippen LogP) is 16.4. The van der Waals surface area contributed by atoms with E-state index in [-0.39, 0.29) is 10.8 Å². The van der Waals surface area contributed by atoms with Gasteiger partial charge in [-0.2, -0.15) is 0 Å². The molecule has 0 aliphatic carbocycles. The Morgan fingerprint density at radius 3 is 0.694 bits per heavy atom. The average molecular weight is 821 g/mol. The minimum atomic E-state index is -0.0590. The van der Waals surface area contributed by atoms with Gasteiger partial charge in [-0.1, -0.05) is 53.7 Å². The summed E-state index contributed by atoms with van der Waals surface area (Å²) in [7, 11) is 0. The third-order valence-corrected chi connectivity index (χ3v) is 14.4. The van der Waals surface area contributed by atoms with Crippen LogP contribution in [0.15, 0.2) is 96.6 Å². The molecule has 8 rings (SSSR count). The first-order chi connectivity index (χ1) is 29.0. The summed E-state index contributed by atoms with van der Waals surface area (Å²) in [5.74, 6) is 2.19. The van der Waals surface area contributed by atoms with Gasteiger partial charge in [0.05, 0.1) is 22.7 Å². The van der Waals surface area contributed by atoms with Crippen LogP contribution in [0, 0.1) is 83.1 Å². The highest BCUT2D eigenvalue weighted by Gasteiger charge is 2.45. The molecule has 0 spiro atoms. The standard InChI is InChI=1S/C58H68N4/c1-33-23-47(24-34(2)41(33)9)59-51-21-19-45(57(13,14)15)31-53(51)61(49-27-37(5)43(11)38(6)28-49)55(59)56-60(48-25-35(3)42(10)36(4)26-48)52-22-20-46(58(16,17)18)32-54(52)62(56)50-29-39(7)44(12)40(8)30-50/h19-32H,1-18H3/b56-55+. The Kier molecular flexibility index (Phi) is 10.4. The fraction of sp³-hybridized carbons (Fsp3) is 0.345. The summed E-state index contributed by atoms with van der Waals surface area (Å²) < 4.78 is 0. The molecular formula is C58H68N4. The average Bonchev–Trinajstić information content (AvgIpc) is 3.71. The lowest BCUT2D eigenvalue weighted by Crippen LogP contribution is -2.33. The van der Waals surface area contributed by atoms with Crippen LogP contribution >= 0.6 is 0 Å². The Hall–Kier alpha value is -5.74. The quantitative estimate of drug-likeness (QED) is 0.176. The summed E-state index contributed by atoms with van der Waals surface area (Å²) in [6.45, 7) is 41.1. The molecular weight excluding hydrogens is 753 g/mol. The van der Waals surface area contributed by atoms with Crippen molar-refractivity contribution in [3.8, 4) is 0 Å². The van der Waals surface area contributed by atoms with Crippen LogP contribution in [0.25, 0.3) is 0 Å². The molecule has 0 unspecified atom stereocenters. The fourth-order valence-electron chi connectivity index (χ4n) is 9.39. The molecule has 320 valence electrons. The first kappa shape index (κ1) is 42.9. The lowest BCUT2D eigenvalue weighted by molar-refractivity contribution is 0.590. The van der Waals surface area contributed by atoms with E-state index >= 15 is 0 Å². The van der Waals surface area contributed by atoms with Crippen molar-refractivity contribution in [3.63, 3.8) is 0 Å². The highest BCUT2D eigenvalue weighted by molar-refractivity contribution is 6.01. The second kappa shape index (κ2) is 15.0. The molecule has 2 aliphatic heterocycles. The molecule has 0 saturated heterocycles. The third kappa shape index (κ3) is 7.00. The van der Waals surface area contributed by atoms with E-state index in [0.29, 0.717) is 0 Å². The molecule has 6 aromatic carbocycles. The van der Waals surface area contributed by atoms with Gasteiger partial charge in [0.15, 0.2) is 11.6 Å². The molecule has 4 heteroatoms. The SMILES string of the molecule is Cc1cc(N2/C(=C3/N(c4cc(C)c(C)c(C)c4)c4ccc(C(C)(C)C)cc4N3c3cc(C)c(C)c(C)c3)N(c3cc(C)c(C)c(C)c3)c3cc(C(C)(C)C)ccc32)cc(C)c1C. The van der Waals surface area contributed by atoms with E-state index in [0.717, 1.165) is 45.8 Å². The Morgan fingerprint density at radius 2 is 0.484 bits per heavy atom. The number of nitrogens with zero attached hydrogens (tertiary/aromatic N) is 4. The lowest BCUT2D eigenvalue weighted by atomic mass is 9.86. The van der Waals surface area contributed by atoms with E-state index in [1.165, 1.54) is 89.3 Å². The predicted molar refractivity (Wildman–Crippen MR) is 268 cm³/mol. The van der Waals surface area contributed by atoms with Crippen LogP contribution < -0.4 is 19.6 Å². The van der Waals surface area contributed by atoms with Gasteiger partial charge in [-0.05, 0) is 245 Å². The zero-order chi connectivity index (χ0) is 45.1. The largest absolute Gasteiger partial charge is 0.291 e. The maximum Gasteiger partial charge on any atom is 0.166 e. The Labute approximate surface area is 373 Å². The summed E-state index contributed by atoms with van der Waals surface area (Å²) in [6.07, 6.45) is 0. The molecule has 0 N–H and O–H groups in total. The van der Waals surface area contributed by atoms with E-state index in [1.807, 2.05) is 0 Å². The van der Waals surface area contributed by atoms with Gasteiger partial charge in [0.1, 0.15) is 0 Å². The van der Waals surface area contributed by atoms with Crippen LogP contribution in [-0.4, -0.2) is 0 Å². The first-order valence-corrected chi connectivity index (χ1v) is 22.5. The van der Waals surface area contributed by atoms with Crippen molar-refractivity contribution in [2.24, 2.45) is 0 Å². The van der Waals surface area contributed by atoms with Gasteiger partial charge in [-0.15, -0.1) is 0 Å². The van der Waals surface area contributed by atoms with Gasteiger partial charge in [-0.25, -0.2) is 0 Å². The first-order valence-electron chi connectivity index (χ1n) is 22.5. The maximum atomic E-state index is 2.59. The molecule has 0 fully saturated rings. The van der Waals surface area contributed by atoms with E-state index in [9.17, 15) is 0 Å². The molecule has 4 nitrogen and oxygen atoms in total. The second-order valence-corrected chi connectivity index (χ2v) is 20.7. The van der Waals surface area contributed by atoms with Crippen molar-refractivity contribution in [3.05, 3.63) is 174 Å². The third-order valence-electron chi connectivity index (χ3n) is 14.4. The van der Waals surface area contributed by atoms with Crippen LogP contribution in [0.3, 0.4) is 0 Å². The number of fused-ring (bicyclic) bond motifs is 2. The van der Waals surface area contributed by atoms with E-state index in [2.05, 4.69) is 229 Å². The Balaban J connectivity index is 1.64. The van der Waals surface area contributed by atoms with Gasteiger partial charge < -0.3 is 0 Å². The van der Waals surface area contributed by atoms with Crippen molar-refractivity contribution < 1.29 is 0 Å². The smallest absolute Gasteiger partial charge is 0.166 e. The topological polar surface area (TPSA) is 13.0 Å². The summed E-state index contributed by atoms with van der Waals surface area (Å²) in [6, 6.07) is 33.6. The van der Waals surface area contributed by atoms with Crippen molar-refractivity contribution in [2.45, 2.75) is 135 Å². The van der Waals surface area contributed by atoms with Crippen LogP contribution in [-0.2, 0) is 10.8 Å². The van der Waals surface area contributed by atoms with Gasteiger partial charge in [0.25, 0.3) is 0 Å². The number of hydrogen-bond acceptors (Lipinski definition) is 4. The van der Waals surface area contributed by atoms with Crippen molar-refractivity contribution in [1.82, 2.24) is 0 Å². The van der Waals surface area contributed by atoms with E-state index < -0.39 is 0 Å². The van der Waals surface area contributed by atoms with Crippen molar-refractivity contribution in [1.29, 1.82) is 0 Å². The minimum Gasteiger partial charge on any atom is -0.291 e. The summed E-state index contributed by atoms with van der Waals surface area (Å²) in [4.78, 5) is 10.3. The van der Waals surface area contributed by atoms with Crippen molar-refractivity contribution in [2.75, 3.05) is 19.6 Å². The van der Waals surface area contributed by atoms with Crippen LogP contribution in [0.2, 0.25) is 0 Å². The lowest BCUT2D eigenvalue weighted by Gasteiger charge is -2.35. The Bertz CT molecular complexity index is 2570. The monoisotopic (exact) mass is 821 g/mol. The van der Waals surface area contributed by atoms with Gasteiger partial charge in [0, 0.05) is 22.7 Å². The normalized spacial score (nSPS) is 15.3. The Morgan fingerprint density at radius 1 is 0.274 bits per heavy atom. The molecule has 0 radical (unpaired) electrons. The zero-order valence-corrected chi connectivity index (χ0v) is 40.9. The molecule has 2 heterocycles. The maximum absolute atomic E-state index is 2.59. The second-order valence-electron chi connectivity index (χ2n) is 20.7. The molecule has 0 atom stereocenters. The number of aryl methyl sites for hydroxylation is 8. The molecule has 0 bridgehead atoms. The van der Waals surface area contributed by atoms with E-state index in [1.54, 1.807) is 0 Å². The van der Waals surface area contributed by atoms with Gasteiger partial charge in [0.2, 0.25) is 0 Å². The minimum absolute atomic E-state index is 0.0590. The van der Waals surface area contributed by atoms with Crippen LogP contribution in [0.1, 0.15) is 119 Å². The molecule has 0 aromatic heterocycles. The summed E-state index contributed by atoms with van der Waals surface area (Å²) in [5, 5.41) is 0. The molecule has 62 heavy (non-hydrogen) atoms. The zero-order valence-electron chi connectivity index (χ0n) is 40.9. The molecule has 0 saturated carbocycles. The number of anilines is 8. The van der Waals surface area contributed by atoms with Crippen LogP contribution in [0.5, 0.6) is 0 Å². The number of rotatable bonds is 4. The van der Waals surface area contributed by atoms with Gasteiger partial charge >= 0.3 is 0 Å². The molecule has 6 aromatic rings. The molecule has 0 amide bonds. The number of hydrogen-bond donors (Lipinski definition) is 0. The summed E-state index contributed by atoms with van der Waals surface area (Å²) >= 11 is 0. The van der Waals surface area contributed by atoms with E-state index in [4.69, 9.17) is 0 Å². The highest BCUT2D eigenvalue weighted by atomic mass is 15.5. The number of benzene rings is 6. The van der Waals surface area contributed by atoms with Crippen LogP contribution in [0.4, 0.5) is 45.5 Å². The van der Waals surface area contributed by atoms with Gasteiger partial charge in [-0.3, -0.25) is 19.6 Å². The highest BCUT2D eigenvalue weighted by Crippen LogP contribution is 2.58. The summed E-state index contributed by atoms with van der Waals surface area (Å²) in [5.41, 5.74) is 27.4. The fourth-order valence-corrected chi connectivity index (χ4v) is 9.39. The molecule has 2 aliphatic rings.